The van der Waals surface area contributed by atoms with E-state index in [2.05, 4.69) is 15.6 Å². The van der Waals surface area contributed by atoms with E-state index in [9.17, 15) is 9.59 Å². The van der Waals surface area contributed by atoms with Crippen molar-refractivity contribution in [2.45, 2.75) is 39.2 Å². The van der Waals surface area contributed by atoms with Crippen molar-refractivity contribution in [2.75, 3.05) is 5.32 Å². The monoisotopic (exact) mass is 346 g/mol. The molecule has 6 nitrogen and oxygen atoms in total. The van der Waals surface area contributed by atoms with Crippen molar-refractivity contribution in [3.8, 4) is 0 Å². The molecule has 2 aromatic rings. The van der Waals surface area contributed by atoms with Gasteiger partial charge in [-0.05, 0) is 18.4 Å². The largest absolute Gasteiger partial charge is 0.352 e. The van der Waals surface area contributed by atoms with Gasteiger partial charge in [0.1, 0.15) is 0 Å². The number of nitrogens with one attached hydrogen (secondary N) is 2. The van der Waals surface area contributed by atoms with Gasteiger partial charge in [-0.15, -0.1) is 11.3 Å². The Hall–Kier alpha value is -2.41. The van der Waals surface area contributed by atoms with Gasteiger partial charge >= 0.3 is 6.03 Å². The van der Waals surface area contributed by atoms with Crippen LogP contribution in [0.3, 0.4) is 0 Å². The maximum absolute atomic E-state index is 12.3. The molecular formula is C17H22N4O2S. The average molecular weight is 346 g/mol. The Morgan fingerprint density at radius 1 is 1.33 bits per heavy atom. The smallest absolute Gasteiger partial charge is 0.312 e. The standard InChI is InChI=1S/C17H22N4O2S/c1-10(2)14-9-24-17(20-14)21-15(22)8-13(19-16(18)23)12-6-4-5-11(3)7-12/h4-7,9-10,13H,8H2,1-3H3,(H3,18,19,23)(H,20,21,22). The second kappa shape index (κ2) is 7.92. The molecule has 1 aromatic carbocycles. The lowest BCUT2D eigenvalue weighted by atomic mass is 10.0. The molecule has 0 fully saturated rings. The summed E-state index contributed by atoms with van der Waals surface area (Å²) in [5.74, 6) is 0.0865. The van der Waals surface area contributed by atoms with Crippen LogP contribution in [0.4, 0.5) is 9.93 Å². The topological polar surface area (TPSA) is 97.1 Å². The number of nitrogens with two attached hydrogens (primary N) is 1. The third-order valence-corrected chi connectivity index (χ3v) is 4.29. The molecule has 1 unspecified atom stereocenters. The molecule has 1 heterocycles. The van der Waals surface area contributed by atoms with Crippen LogP contribution in [0.2, 0.25) is 0 Å². The van der Waals surface area contributed by atoms with Gasteiger partial charge in [0, 0.05) is 5.38 Å². The molecule has 0 radical (unpaired) electrons. The van der Waals surface area contributed by atoms with Crippen molar-refractivity contribution in [3.63, 3.8) is 0 Å². The van der Waals surface area contributed by atoms with Crippen LogP contribution in [0.5, 0.6) is 0 Å². The molecule has 0 bridgehead atoms. The minimum Gasteiger partial charge on any atom is -0.352 e. The first kappa shape index (κ1) is 17.9. The van der Waals surface area contributed by atoms with Gasteiger partial charge in [0.2, 0.25) is 5.91 Å². The third kappa shape index (κ3) is 5.06. The zero-order valence-electron chi connectivity index (χ0n) is 14.0. The number of primary amides is 1. The summed E-state index contributed by atoms with van der Waals surface area (Å²) >= 11 is 1.39. The lowest BCUT2D eigenvalue weighted by Crippen LogP contribution is -2.35. The maximum atomic E-state index is 12.3. The van der Waals surface area contributed by atoms with E-state index in [0.717, 1.165) is 16.8 Å². The molecular weight excluding hydrogens is 324 g/mol. The lowest BCUT2D eigenvalue weighted by Gasteiger charge is -2.18. The van der Waals surface area contributed by atoms with Crippen LogP contribution in [0.1, 0.15) is 49.0 Å². The Bertz CT molecular complexity index is 727. The molecule has 128 valence electrons. The number of carbonyl (C=O) groups excluding carboxylic acids is 2. The summed E-state index contributed by atoms with van der Waals surface area (Å²) in [6.07, 6.45) is 0.0863. The van der Waals surface area contributed by atoms with Crippen LogP contribution in [0.15, 0.2) is 29.6 Å². The molecule has 0 aliphatic carbocycles. The second-order valence-corrected chi connectivity index (χ2v) is 6.82. The second-order valence-electron chi connectivity index (χ2n) is 5.96. The maximum Gasteiger partial charge on any atom is 0.312 e. The van der Waals surface area contributed by atoms with E-state index in [4.69, 9.17) is 5.73 Å². The van der Waals surface area contributed by atoms with Gasteiger partial charge in [-0.1, -0.05) is 43.7 Å². The minimum atomic E-state index is -0.661. The number of anilines is 1. The SMILES string of the molecule is Cc1cccc(C(CC(=O)Nc2nc(C(C)C)cs2)NC(N)=O)c1. The summed E-state index contributed by atoms with van der Waals surface area (Å²) in [7, 11) is 0. The van der Waals surface area contributed by atoms with Crippen LogP contribution in [-0.2, 0) is 4.79 Å². The fourth-order valence-electron chi connectivity index (χ4n) is 2.28. The molecule has 24 heavy (non-hydrogen) atoms. The molecule has 2 rings (SSSR count). The number of aryl methyl sites for hydroxylation is 1. The van der Waals surface area contributed by atoms with E-state index < -0.39 is 12.1 Å². The molecule has 0 saturated heterocycles. The first-order valence-electron chi connectivity index (χ1n) is 7.73. The predicted octanol–water partition coefficient (Wildman–Crippen LogP) is 3.31. The van der Waals surface area contributed by atoms with Crippen molar-refractivity contribution in [3.05, 3.63) is 46.5 Å². The first-order valence-corrected chi connectivity index (χ1v) is 8.61. The fourth-order valence-corrected chi connectivity index (χ4v) is 3.16. The first-order chi connectivity index (χ1) is 11.3. The highest BCUT2D eigenvalue weighted by Gasteiger charge is 2.18. The number of amides is 3. The zero-order valence-corrected chi connectivity index (χ0v) is 14.8. The molecule has 7 heteroatoms. The van der Waals surface area contributed by atoms with Crippen molar-refractivity contribution in [1.29, 1.82) is 0 Å². The highest BCUT2D eigenvalue weighted by Crippen LogP contribution is 2.23. The van der Waals surface area contributed by atoms with Crippen LogP contribution in [0, 0.1) is 6.92 Å². The Morgan fingerprint density at radius 3 is 2.67 bits per heavy atom. The Morgan fingerprint density at radius 2 is 2.08 bits per heavy atom. The summed E-state index contributed by atoms with van der Waals surface area (Å²) in [4.78, 5) is 27.9. The predicted molar refractivity (Wildman–Crippen MR) is 96.1 cm³/mol. The minimum absolute atomic E-state index is 0.0863. The van der Waals surface area contributed by atoms with Crippen molar-refractivity contribution in [1.82, 2.24) is 10.3 Å². The Labute approximate surface area is 145 Å². The molecule has 0 saturated carbocycles. The number of benzene rings is 1. The molecule has 0 aliphatic rings. The number of carbonyl (C=O) groups is 2. The number of rotatable bonds is 6. The highest BCUT2D eigenvalue weighted by molar-refractivity contribution is 7.13. The number of urea groups is 1. The van der Waals surface area contributed by atoms with Crippen LogP contribution in [0.25, 0.3) is 0 Å². The van der Waals surface area contributed by atoms with E-state index in [1.54, 1.807) is 0 Å². The molecule has 0 spiro atoms. The van der Waals surface area contributed by atoms with E-state index in [-0.39, 0.29) is 12.3 Å². The van der Waals surface area contributed by atoms with Crippen molar-refractivity contribution in [2.24, 2.45) is 5.73 Å². The van der Waals surface area contributed by atoms with Gasteiger partial charge in [-0.2, -0.15) is 0 Å². The summed E-state index contributed by atoms with van der Waals surface area (Å²) in [5, 5.41) is 7.90. The van der Waals surface area contributed by atoms with Crippen molar-refractivity contribution >= 4 is 28.4 Å². The molecule has 1 atom stereocenters. The molecule has 4 N–H and O–H groups in total. The summed E-state index contributed by atoms with van der Waals surface area (Å²) in [6.45, 7) is 6.05. The number of nitrogens with zero attached hydrogens (tertiary/aromatic N) is 1. The summed E-state index contributed by atoms with van der Waals surface area (Å²) in [5.41, 5.74) is 8.07. The highest BCUT2D eigenvalue weighted by atomic mass is 32.1. The van der Waals surface area contributed by atoms with Gasteiger partial charge in [0.15, 0.2) is 5.13 Å². The molecule has 3 amide bonds. The number of hydrogen-bond donors (Lipinski definition) is 3. The van der Waals surface area contributed by atoms with Gasteiger partial charge in [-0.3, -0.25) is 4.79 Å². The van der Waals surface area contributed by atoms with Gasteiger partial charge in [0.25, 0.3) is 0 Å². The number of aromatic nitrogens is 1. The van der Waals surface area contributed by atoms with Gasteiger partial charge in [-0.25, -0.2) is 9.78 Å². The van der Waals surface area contributed by atoms with E-state index in [0.29, 0.717) is 11.0 Å². The van der Waals surface area contributed by atoms with E-state index in [1.165, 1.54) is 11.3 Å². The molecule has 0 aliphatic heterocycles. The normalized spacial score (nSPS) is 12.0. The fraction of sp³-hybridized carbons (Fsp3) is 0.353. The van der Waals surface area contributed by atoms with E-state index >= 15 is 0 Å². The van der Waals surface area contributed by atoms with Gasteiger partial charge in [0.05, 0.1) is 18.2 Å². The number of hydrogen-bond acceptors (Lipinski definition) is 4. The number of thiazole rings is 1. The molecule has 1 aromatic heterocycles. The Kier molecular flexibility index (Phi) is 5.92. The Balaban J connectivity index is 2.07. The van der Waals surface area contributed by atoms with Crippen LogP contribution >= 0.6 is 11.3 Å². The quantitative estimate of drug-likeness (QED) is 0.748. The average Bonchev–Trinajstić information content (AvgIpc) is 2.94. The lowest BCUT2D eigenvalue weighted by molar-refractivity contribution is -0.116. The summed E-state index contributed by atoms with van der Waals surface area (Å²) in [6, 6.07) is 6.48. The van der Waals surface area contributed by atoms with E-state index in [1.807, 2.05) is 50.4 Å². The summed E-state index contributed by atoms with van der Waals surface area (Å²) < 4.78 is 0. The van der Waals surface area contributed by atoms with Gasteiger partial charge < -0.3 is 16.4 Å². The van der Waals surface area contributed by atoms with Crippen LogP contribution in [-0.4, -0.2) is 16.9 Å². The van der Waals surface area contributed by atoms with Crippen LogP contribution < -0.4 is 16.4 Å². The zero-order chi connectivity index (χ0) is 17.7. The van der Waals surface area contributed by atoms with Crippen molar-refractivity contribution < 1.29 is 9.59 Å². The third-order valence-electron chi connectivity index (χ3n) is 3.51.